The summed E-state index contributed by atoms with van der Waals surface area (Å²) in [6, 6.07) is 13.7. The molecule has 0 amide bonds. The lowest BCUT2D eigenvalue weighted by atomic mass is 10.00. The first-order valence-electron chi connectivity index (χ1n) is 9.63. The van der Waals surface area contributed by atoms with Gasteiger partial charge in [0.25, 0.3) is 0 Å². The second-order valence-electron chi connectivity index (χ2n) is 6.97. The summed E-state index contributed by atoms with van der Waals surface area (Å²) in [4.78, 5) is 13.0. The van der Waals surface area contributed by atoms with Crippen molar-refractivity contribution in [2.45, 2.75) is 25.8 Å². The Morgan fingerprint density at radius 1 is 1.03 bits per heavy atom. The number of rotatable bonds is 9. The maximum atomic E-state index is 9.21. The minimum absolute atomic E-state index is 0.0396. The van der Waals surface area contributed by atoms with E-state index < -0.39 is 0 Å². The molecular weight excluding hydrogens is 366 g/mol. The molecule has 152 valence electrons. The summed E-state index contributed by atoms with van der Waals surface area (Å²) in [7, 11) is 1.69. The maximum Gasteiger partial charge on any atom is 0.129 e. The van der Waals surface area contributed by atoms with Crippen molar-refractivity contribution in [1.29, 1.82) is 0 Å². The molecule has 0 bridgehead atoms. The number of aliphatic hydroxyl groups excluding tert-OH is 1. The van der Waals surface area contributed by atoms with Crippen molar-refractivity contribution >= 4 is 11.6 Å². The molecule has 2 heterocycles. The monoisotopic (exact) mass is 393 g/mol. The van der Waals surface area contributed by atoms with E-state index in [0.717, 1.165) is 28.4 Å². The number of hydrogen-bond donors (Lipinski definition) is 3. The molecule has 0 unspecified atom stereocenters. The minimum Gasteiger partial charge on any atom is -0.496 e. The highest BCUT2D eigenvalue weighted by Crippen LogP contribution is 2.27. The number of pyridine rings is 1. The zero-order valence-electron chi connectivity index (χ0n) is 17.0. The topological polar surface area (TPSA) is 92.2 Å². The fourth-order valence-electron chi connectivity index (χ4n) is 3.02. The Morgan fingerprint density at radius 2 is 1.86 bits per heavy atom. The van der Waals surface area contributed by atoms with Gasteiger partial charge in [-0.2, -0.15) is 0 Å². The summed E-state index contributed by atoms with van der Waals surface area (Å²) < 4.78 is 5.46. The number of hydrogen-bond acceptors (Lipinski definition) is 7. The highest BCUT2D eigenvalue weighted by molar-refractivity contribution is 5.65. The number of methoxy groups -OCH3 is 1. The fourth-order valence-corrected chi connectivity index (χ4v) is 3.02. The molecule has 29 heavy (non-hydrogen) atoms. The molecule has 7 nitrogen and oxygen atoms in total. The molecule has 3 N–H and O–H groups in total. The van der Waals surface area contributed by atoms with Crippen LogP contribution in [-0.2, 0) is 0 Å². The van der Waals surface area contributed by atoms with Crippen LogP contribution in [0, 0.1) is 0 Å². The summed E-state index contributed by atoms with van der Waals surface area (Å²) in [5, 5.41) is 15.8. The Hall–Kier alpha value is -3.19. The zero-order chi connectivity index (χ0) is 20.6. The van der Waals surface area contributed by atoms with Crippen LogP contribution in [0.15, 0.2) is 55.0 Å². The molecule has 0 aliphatic heterocycles. The molecule has 0 aliphatic carbocycles. The minimum atomic E-state index is -0.0724. The third-order valence-electron chi connectivity index (χ3n) is 4.65. The molecule has 2 aromatic heterocycles. The van der Waals surface area contributed by atoms with Crippen LogP contribution in [0.3, 0.4) is 0 Å². The lowest BCUT2D eigenvalue weighted by molar-refractivity contribution is 0.281. The number of para-hydroxylation sites is 1. The van der Waals surface area contributed by atoms with Crippen LogP contribution in [0.2, 0.25) is 0 Å². The summed E-state index contributed by atoms with van der Waals surface area (Å²) in [6.45, 7) is 4.80. The van der Waals surface area contributed by atoms with E-state index in [2.05, 4.69) is 38.6 Å². The molecule has 2 atom stereocenters. The van der Waals surface area contributed by atoms with Gasteiger partial charge >= 0.3 is 0 Å². The van der Waals surface area contributed by atoms with Crippen molar-refractivity contribution in [3.05, 3.63) is 60.6 Å². The van der Waals surface area contributed by atoms with E-state index >= 15 is 0 Å². The Kier molecular flexibility index (Phi) is 6.97. The first kappa shape index (κ1) is 20.5. The van der Waals surface area contributed by atoms with Gasteiger partial charge in [-0.3, -0.25) is 0 Å². The average molecular weight is 393 g/mol. The molecule has 0 fully saturated rings. The molecule has 0 spiro atoms. The van der Waals surface area contributed by atoms with E-state index in [1.807, 2.05) is 43.3 Å². The Morgan fingerprint density at radius 3 is 2.66 bits per heavy atom. The second-order valence-corrected chi connectivity index (χ2v) is 6.97. The fraction of sp³-hybridized carbons (Fsp3) is 0.318. The van der Waals surface area contributed by atoms with Crippen molar-refractivity contribution in [2.75, 3.05) is 30.9 Å². The molecule has 0 saturated heterocycles. The highest BCUT2D eigenvalue weighted by Gasteiger charge is 2.11. The van der Waals surface area contributed by atoms with Crippen molar-refractivity contribution in [2.24, 2.45) is 0 Å². The standard InChI is InChI=1S/C22H27N5O2/c1-15(18-6-4-5-7-20(18)29-3)12-24-21-11-19(25-14-26-21)17-8-9-23-22(10-17)27-16(2)13-28/h4-11,14-16,28H,12-13H2,1-3H3,(H,23,27)(H,24,25,26)/t15-,16+/m1/s1. The van der Waals surface area contributed by atoms with E-state index in [0.29, 0.717) is 12.4 Å². The van der Waals surface area contributed by atoms with Crippen LogP contribution in [0.4, 0.5) is 11.6 Å². The third-order valence-corrected chi connectivity index (χ3v) is 4.65. The van der Waals surface area contributed by atoms with Gasteiger partial charge < -0.3 is 20.5 Å². The molecule has 7 heteroatoms. The third kappa shape index (κ3) is 5.42. The smallest absolute Gasteiger partial charge is 0.129 e. The molecule has 3 aromatic rings. The van der Waals surface area contributed by atoms with Gasteiger partial charge in [0.1, 0.15) is 23.7 Å². The molecule has 1 aromatic carbocycles. The Labute approximate surface area is 171 Å². The predicted octanol–water partition coefficient (Wildman–Crippen LogP) is 3.56. The lowest BCUT2D eigenvalue weighted by Crippen LogP contribution is -2.19. The van der Waals surface area contributed by atoms with Crippen molar-refractivity contribution in [1.82, 2.24) is 15.0 Å². The molecule has 0 saturated carbocycles. The van der Waals surface area contributed by atoms with E-state index in [1.165, 1.54) is 0 Å². The van der Waals surface area contributed by atoms with E-state index in [9.17, 15) is 5.11 Å². The van der Waals surface area contributed by atoms with E-state index in [-0.39, 0.29) is 18.6 Å². The number of ether oxygens (including phenoxy) is 1. The van der Waals surface area contributed by atoms with Crippen LogP contribution in [-0.4, -0.2) is 46.4 Å². The molecule has 0 radical (unpaired) electrons. The number of aliphatic hydroxyl groups is 1. The van der Waals surface area contributed by atoms with Gasteiger partial charge in [0.2, 0.25) is 0 Å². The molecule has 3 rings (SSSR count). The van der Waals surface area contributed by atoms with Crippen LogP contribution < -0.4 is 15.4 Å². The number of benzene rings is 1. The van der Waals surface area contributed by atoms with Gasteiger partial charge in [-0.25, -0.2) is 15.0 Å². The second kappa shape index (κ2) is 9.84. The largest absolute Gasteiger partial charge is 0.496 e. The lowest BCUT2D eigenvalue weighted by Gasteiger charge is -2.17. The Balaban J connectivity index is 1.71. The van der Waals surface area contributed by atoms with Gasteiger partial charge in [0.15, 0.2) is 0 Å². The maximum absolute atomic E-state index is 9.21. The highest BCUT2D eigenvalue weighted by atomic mass is 16.5. The van der Waals surface area contributed by atoms with Gasteiger partial charge in [0, 0.05) is 36.3 Å². The van der Waals surface area contributed by atoms with Gasteiger partial charge in [-0.15, -0.1) is 0 Å². The van der Waals surface area contributed by atoms with Crippen LogP contribution in [0.1, 0.15) is 25.3 Å². The summed E-state index contributed by atoms with van der Waals surface area (Å²) >= 11 is 0. The van der Waals surface area contributed by atoms with Crippen LogP contribution in [0.5, 0.6) is 5.75 Å². The predicted molar refractivity (Wildman–Crippen MR) is 115 cm³/mol. The van der Waals surface area contributed by atoms with Crippen LogP contribution >= 0.6 is 0 Å². The van der Waals surface area contributed by atoms with Crippen molar-refractivity contribution in [3.8, 4) is 17.0 Å². The number of aromatic nitrogens is 3. The van der Waals surface area contributed by atoms with Crippen molar-refractivity contribution in [3.63, 3.8) is 0 Å². The van der Waals surface area contributed by atoms with E-state index in [4.69, 9.17) is 4.74 Å². The number of anilines is 2. The van der Waals surface area contributed by atoms with Crippen molar-refractivity contribution < 1.29 is 9.84 Å². The quantitative estimate of drug-likeness (QED) is 0.512. The van der Waals surface area contributed by atoms with E-state index in [1.54, 1.807) is 19.6 Å². The zero-order valence-corrected chi connectivity index (χ0v) is 17.0. The SMILES string of the molecule is COc1ccccc1[C@H](C)CNc1cc(-c2ccnc(N[C@@H](C)CO)c2)ncn1. The molecular formula is C22H27N5O2. The number of nitrogens with one attached hydrogen (secondary N) is 2. The summed E-state index contributed by atoms with van der Waals surface area (Å²) in [6.07, 6.45) is 3.27. The van der Waals surface area contributed by atoms with Gasteiger partial charge in [0.05, 0.1) is 19.4 Å². The first-order valence-corrected chi connectivity index (χ1v) is 9.63. The van der Waals surface area contributed by atoms with Crippen LogP contribution in [0.25, 0.3) is 11.3 Å². The Bertz CT molecular complexity index is 934. The number of nitrogens with zero attached hydrogens (tertiary/aromatic N) is 3. The molecule has 0 aliphatic rings. The first-order chi connectivity index (χ1) is 14.1. The summed E-state index contributed by atoms with van der Waals surface area (Å²) in [5.74, 6) is 2.59. The normalized spacial score (nSPS) is 12.8. The summed E-state index contributed by atoms with van der Waals surface area (Å²) in [5.41, 5.74) is 2.88. The van der Waals surface area contributed by atoms with Gasteiger partial charge in [-0.05, 0) is 30.7 Å². The average Bonchev–Trinajstić information content (AvgIpc) is 2.77. The van der Waals surface area contributed by atoms with Gasteiger partial charge in [-0.1, -0.05) is 25.1 Å².